The van der Waals surface area contributed by atoms with Crippen molar-refractivity contribution in [3.8, 4) is 11.5 Å². The maximum atomic E-state index is 12.4. The van der Waals surface area contributed by atoms with Crippen molar-refractivity contribution in [2.45, 2.75) is 19.9 Å². The summed E-state index contributed by atoms with van der Waals surface area (Å²) in [5.74, 6) is 0.962. The third kappa shape index (κ3) is 3.55. The zero-order valence-electron chi connectivity index (χ0n) is 13.9. The molecule has 1 amide bonds. The smallest absolute Gasteiger partial charge is 0.273 e. The Kier molecular flexibility index (Phi) is 4.56. The molecule has 0 aliphatic carbocycles. The largest absolute Gasteiger partial charge is 0.486 e. The minimum Gasteiger partial charge on any atom is -0.486 e. The first-order valence-electron chi connectivity index (χ1n) is 7.91. The predicted molar refractivity (Wildman–Crippen MR) is 91.1 cm³/mol. The number of hydrogen-bond acceptors (Lipinski definition) is 5. The van der Waals surface area contributed by atoms with Crippen LogP contribution < -0.4 is 14.8 Å². The van der Waals surface area contributed by atoms with E-state index in [1.54, 1.807) is 19.1 Å². The Bertz CT molecular complexity index is 834. The van der Waals surface area contributed by atoms with Crippen LogP contribution in [0, 0.1) is 17.0 Å². The lowest BCUT2D eigenvalue weighted by Crippen LogP contribution is -2.27. The molecular formula is C18H18N2O5. The molecule has 1 aliphatic rings. The van der Waals surface area contributed by atoms with Gasteiger partial charge in [-0.3, -0.25) is 14.9 Å². The van der Waals surface area contributed by atoms with Crippen molar-refractivity contribution >= 4 is 11.6 Å². The molecule has 7 heteroatoms. The van der Waals surface area contributed by atoms with Crippen LogP contribution in [0.3, 0.4) is 0 Å². The van der Waals surface area contributed by atoms with Gasteiger partial charge in [0.25, 0.3) is 11.6 Å². The van der Waals surface area contributed by atoms with Crippen LogP contribution in [-0.4, -0.2) is 24.0 Å². The molecule has 0 bridgehead atoms. The first-order chi connectivity index (χ1) is 12.0. The fraction of sp³-hybridized carbons (Fsp3) is 0.278. The van der Waals surface area contributed by atoms with Crippen molar-refractivity contribution in [3.63, 3.8) is 0 Å². The molecule has 0 saturated carbocycles. The Morgan fingerprint density at radius 2 is 1.88 bits per heavy atom. The molecule has 2 aromatic carbocycles. The summed E-state index contributed by atoms with van der Waals surface area (Å²) in [4.78, 5) is 22.9. The highest BCUT2D eigenvalue weighted by Gasteiger charge is 2.18. The number of carbonyl (C=O) groups is 1. The summed E-state index contributed by atoms with van der Waals surface area (Å²) in [6.07, 6.45) is 0. The maximum Gasteiger partial charge on any atom is 0.273 e. The van der Waals surface area contributed by atoms with Gasteiger partial charge in [0.1, 0.15) is 13.2 Å². The van der Waals surface area contributed by atoms with E-state index < -0.39 is 4.92 Å². The number of nitrogens with zero attached hydrogens (tertiary/aromatic N) is 1. The quantitative estimate of drug-likeness (QED) is 0.681. The van der Waals surface area contributed by atoms with Crippen LogP contribution in [0.5, 0.6) is 11.5 Å². The molecule has 0 radical (unpaired) electrons. The average Bonchev–Trinajstić information content (AvgIpc) is 2.61. The minimum absolute atomic E-state index is 0.0698. The second-order valence-corrected chi connectivity index (χ2v) is 5.86. The molecule has 0 unspecified atom stereocenters. The van der Waals surface area contributed by atoms with Crippen LogP contribution in [0.25, 0.3) is 0 Å². The molecule has 0 fully saturated rings. The topological polar surface area (TPSA) is 90.7 Å². The lowest BCUT2D eigenvalue weighted by atomic mass is 10.1. The summed E-state index contributed by atoms with van der Waals surface area (Å²) in [6, 6.07) is 9.65. The average molecular weight is 342 g/mol. The summed E-state index contributed by atoms with van der Waals surface area (Å²) < 4.78 is 11.0. The van der Waals surface area contributed by atoms with Gasteiger partial charge in [-0.15, -0.1) is 0 Å². The zero-order chi connectivity index (χ0) is 18.0. The van der Waals surface area contributed by atoms with Crippen LogP contribution in [0.2, 0.25) is 0 Å². The molecule has 1 atom stereocenters. The second-order valence-electron chi connectivity index (χ2n) is 5.86. The van der Waals surface area contributed by atoms with E-state index in [4.69, 9.17) is 9.47 Å². The number of nitrogens with one attached hydrogen (secondary N) is 1. The number of ether oxygens (including phenoxy) is 2. The number of rotatable bonds is 4. The van der Waals surface area contributed by atoms with Crippen molar-refractivity contribution in [1.82, 2.24) is 5.32 Å². The predicted octanol–water partition coefficient (Wildman–Crippen LogP) is 3.17. The van der Waals surface area contributed by atoms with Crippen LogP contribution in [0.15, 0.2) is 36.4 Å². The summed E-state index contributed by atoms with van der Waals surface area (Å²) in [5, 5.41) is 13.9. The molecule has 7 nitrogen and oxygen atoms in total. The number of amides is 1. The number of nitro groups is 1. The molecule has 25 heavy (non-hydrogen) atoms. The second kappa shape index (κ2) is 6.80. The molecule has 1 aliphatic heterocycles. The SMILES string of the molecule is Cc1ccc(C(=O)N[C@H](C)c2ccc3c(c2)OCCO3)cc1[N+](=O)[O-]. The van der Waals surface area contributed by atoms with Gasteiger partial charge in [0, 0.05) is 17.2 Å². The Hall–Kier alpha value is -3.09. The zero-order valence-corrected chi connectivity index (χ0v) is 13.9. The van der Waals surface area contributed by atoms with Gasteiger partial charge in [-0.25, -0.2) is 0 Å². The summed E-state index contributed by atoms with van der Waals surface area (Å²) >= 11 is 0. The van der Waals surface area contributed by atoms with E-state index in [0.717, 1.165) is 5.56 Å². The fourth-order valence-electron chi connectivity index (χ4n) is 2.64. The Labute approximate surface area is 144 Å². The normalized spacial score (nSPS) is 13.8. The van der Waals surface area contributed by atoms with Gasteiger partial charge in [-0.05, 0) is 37.6 Å². The number of nitro benzene ring substituents is 1. The fourth-order valence-corrected chi connectivity index (χ4v) is 2.64. The Morgan fingerprint density at radius 1 is 1.16 bits per heavy atom. The highest BCUT2D eigenvalue weighted by molar-refractivity contribution is 5.95. The molecule has 0 saturated heterocycles. The van der Waals surface area contributed by atoms with Crippen molar-refractivity contribution in [2.24, 2.45) is 0 Å². The molecule has 3 rings (SSSR count). The first kappa shape index (κ1) is 16.8. The maximum absolute atomic E-state index is 12.4. The monoisotopic (exact) mass is 342 g/mol. The standard InChI is InChI=1S/C18H18N2O5/c1-11-3-4-14(9-15(11)20(22)23)18(21)19-12(2)13-5-6-16-17(10-13)25-8-7-24-16/h3-6,9-10,12H,7-8H2,1-2H3,(H,19,21)/t12-/m1/s1. The number of hydrogen-bond donors (Lipinski definition) is 1. The summed E-state index contributed by atoms with van der Waals surface area (Å²) in [5.41, 5.74) is 1.56. The Morgan fingerprint density at radius 3 is 2.60 bits per heavy atom. The highest BCUT2D eigenvalue weighted by Crippen LogP contribution is 2.32. The lowest BCUT2D eigenvalue weighted by molar-refractivity contribution is -0.385. The molecule has 130 valence electrons. The minimum atomic E-state index is -0.490. The van der Waals surface area contributed by atoms with Crippen LogP contribution in [0.4, 0.5) is 5.69 Å². The van der Waals surface area contributed by atoms with Gasteiger partial charge in [0.15, 0.2) is 11.5 Å². The number of aryl methyl sites for hydroxylation is 1. The number of carbonyl (C=O) groups excluding carboxylic acids is 1. The van der Waals surface area contributed by atoms with E-state index in [0.29, 0.717) is 30.3 Å². The van der Waals surface area contributed by atoms with Crippen molar-refractivity contribution < 1.29 is 19.2 Å². The van der Waals surface area contributed by atoms with Gasteiger partial charge < -0.3 is 14.8 Å². The highest BCUT2D eigenvalue weighted by atomic mass is 16.6. The van der Waals surface area contributed by atoms with Crippen LogP contribution >= 0.6 is 0 Å². The van der Waals surface area contributed by atoms with E-state index in [2.05, 4.69) is 5.32 Å². The number of benzene rings is 2. The lowest BCUT2D eigenvalue weighted by Gasteiger charge is -2.21. The van der Waals surface area contributed by atoms with Gasteiger partial charge in [0.2, 0.25) is 0 Å². The van der Waals surface area contributed by atoms with Gasteiger partial charge in [0.05, 0.1) is 11.0 Å². The first-order valence-corrected chi connectivity index (χ1v) is 7.91. The summed E-state index contributed by atoms with van der Waals surface area (Å²) in [6.45, 7) is 4.48. The molecule has 0 aromatic heterocycles. The van der Waals surface area contributed by atoms with Gasteiger partial charge in [-0.1, -0.05) is 12.1 Å². The molecule has 2 aromatic rings. The molecular weight excluding hydrogens is 324 g/mol. The van der Waals surface area contributed by atoms with Crippen LogP contribution in [0.1, 0.15) is 34.5 Å². The third-order valence-corrected chi connectivity index (χ3v) is 4.08. The summed E-state index contributed by atoms with van der Waals surface area (Å²) in [7, 11) is 0. The number of fused-ring (bicyclic) bond motifs is 1. The Balaban J connectivity index is 1.76. The van der Waals surface area contributed by atoms with E-state index >= 15 is 0 Å². The van der Waals surface area contributed by atoms with Crippen LogP contribution in [-0.2, 0) is 0 Å². The van der Waals surface area contributed by atoms with E-state index in [1.807, 2.05) is 25.1 Å². The molecule has 1 N–H and O–H groups in total. The molecule has 0 spiro atoms. The van der Waals surface area contributed by atoms with Crippen molar-refractivity contribution in [1.29, 1.82) is 0 Å². The van der Waals surface area contributed by atoms with E-state index in [9.17, 15) is 14.9 Å². The van der Waals surface area contributed by atoms with Crippen molar-refractivity contribution in [3.05, 3.63) is 63.2 Å². The third-order valence-electron chi connectivity index (χ3n) is 4.08. The van der Waals surface area contributed by atoms with E-state index in [-0.39, 0.29) is 23.2 Å². The van der Waals surface area contributed by atoms with Gasteiger partial charge in [-0.2, -0.15) is 0 Å². The van der Waals surface area contributed by atoms with Gasteiger partial charge >= 0.3 is 0 Å². The molecule has 1 heterocycles. The van der Waals surface area contributed by atoms with E-state index in [1.165, 1.54) is 6.07 Å². The van der Waals surface area contributed by atoms with Crippen molar-refractivity contribution in [2.75, 3.05) is 13.2 Å².